The number of carbonyl (C=O) groups is 4. The smallest absolute Gasteiger partial charge is 0.339 e. The van der Waals surface area contributed by atoms with Crippen molar-refractivity contribution in [2.45, 2.75) is 95.2 Å². The largest absolute Gasteiger partial charge is 0.454 e. The maximum atomic E-state index is 12.8. The topological polar surface area (TPSA) is 230 Å². The van der Waals surface area contributed by atoms with Crippen LogP contribution in [0.1, 0.15) is 41.8 Å². The van der Waals surface area contributed by atoms with E-state index < -0.39 is 111 Å². The standard InChI is InChI=1S/C28H40N2O13/c1-12-6-5-7-13(2)20(12)27(39)40-11-16(35)8-17-21(29-14(3)33)25(38)26(19(10-32)41-17)43-28-22(30-15(4)34)24(37)23(36)18(9-31)42-28/h5-7,17-19,21-26,28,31-32,36-38H,8-11H2,1-4H3,(H,29,33)(H,30,34)/t17-,18+,19+,21-,22+,23+,24+,25+,26+,28-/m0/s1. The summed E-state index contributed by atoms with van der Waals surface area (Å²) in [5, 5.41) is 56.7. The molecular weight excluding hydrogens is 572 g/mol. The van der Waals surface area contributed by atoms with Crippen molar-refractivity contribution < 1.29 is 63.7 Å². The monoisotopic (exact) mass is 612 g/mol. The third-order valence-corrected chi connectivity index (χ3v) is 7.39. The Labute approximate surface area is 248 Å². The molecular formula is C28H40N2O13. The highest BCUT2D eigenvalue weighted by molar-refractivity contribution is 5.94. The lowest BCUT2D eigenvalue weighted by atomic mass is 9.89. The third kappa shape index (κ3) is 8.33. The minimum Gasteiger partial charge on any atom is -0.454 e. The van der Waals surface area contributed by atoms with Crippen molar-refractivity contribution >= 4 is 23.6 Å². The van der Waals surface area contributed by atoms with Gasteiger partial charge in [-0.25, -0.2) is 4.79 Å². The van der Waals surface area contributed by atoms with Gasteiger partial charge >= 0.3 is 5.97 Å². The summed E-state index contributed by atoms with van der Waals surface area (Å²) >= 11 is 0. The zero-order valence-electron chi connectivity index (χ0n) is 24.3. The van der Waals surface area contributed by atoms with Gasteiger partial charge in [0.1, 0.15) is 49.3 Å². The van der Waals surface area contributed by atoms with E-state index in [4.69, 9.17) is 18.9 Å². The molecule has 1 aromatic carbocycles. The van der Waals surface area contributed by atoms with E-state index in [-0.39, 0.29) is 0 Å². The van der Waals surface area contributed by atoms with Crippen molar-refractivity contribution in [1.29, 1.82) is 0 Å². The number of ketones is 1. The Balaban J connectivity index is 1.76. The van der Waals surface area contributed by atoms with E-state index in [0.717, 1.165) is 6.92 Å². The van der Waals surface area contributed by atoms with E-state index in [1.165, 1.54) is 6.92 Å². The number of esters is 1. The molecule has 2 fully saturated rings. The molecule has 10 atom stereocenters. The number of hydrogen-bond donors (Lipinski definition) is 7. The van der Waals surface area contributed by atoms with Crippen LogP contribution < -0.4 is 10.6 Å². The number of aliphatic hydroxyl groups is 5. The number of Topliss-reactive ketones (excluding diaryl/α,β-unsaturated/α-hetero) is 1. The Morgan fingerprint density at radius 3 is 1.95 bits per heavy atom. The summed E-state index contributed by atoms with van der Waals surface area (Å²) in [6.07, 6.45) is -12.1. The average Bonchev–Trinajstić information content (AvgIpc) is 2.94. The van der Waals surface area contributed by atoms with Crippen molar-refractivity contribution in [3.8, 4) is 0 Å². The first-order valence-corrected chi connectivity index (χ1v) is 13.8. The lowest BCUT2D eigenvalue weighted by Gasteiger charge is -2.48. The van der Waals surface area contributed by atoms with Gasteiger partial charge in [0, 0.05) is 20.3 Å². The minimum atomic E-state index is -1.64. The van der Waals surface area contributed by atoms with Crippen molar-refractivity contribution in [2.24, 2.45) is 0 Å². The molecule has 0 aromatic heterocycles. The normalized spacial score (nSPS) is 32.5. The maximum absolute atomic E-state index is 12.8. The van der Waals surface area contributed by atoms with E-state index in [1.807, 2.05) is 0 Å². The van der Waals surface area contributed by atoms with Crippen LogP contribution in [0.25, 0.3) is 0 Å². The molecule has 0 aliphatic carbocycles. The van der Waals surface area contributed by atoms with Crippen LogP contribution in [-0.4, -0.2) is 130 Å². The van der Waals surface area contributed by atoms with E-state index in [2.05, 4.69) is 10.6 Å². The molecule has 0 saturated carbocycles. The summed E-state index contributed by atoms with van der Waals surface area (Å²) in [5.41, 5.74) is 1.68. The van der Waals surface area contributed by atoms with Gasteiger partial charge in [-0.3, -0.25) is 14.4 Å². The van der Waals surface area contributed by atoms with Crippen LogP contribution in [-0.2, 0) is 33.3 Å². The first kappa shape index (κ1) is 34.5. The van der Waals surface area contributed by atoms with Crippen molar-refractivity contribution in [2.75, 3.05) is 19.8 Å². The zero-order valence-corrected chi connectivity index (χ0v) is 24.3. The number of benzene rings is 1. The van der Waals surface area contributed by atoms with Crippen LogP contribution in [0, 0.1) is 13.8 Å². The summed E-state index contributed by atoms with van der Waals surface area (Å²) in [5.74, 6) is -2.48. The number of carbonyl (C=O) groups excluding carboxylic acids is 4. The summed E-state index contributed by atoms with van der Waals surface area (Å²) < 4.78 is 22.5. The summed E-state index contributed by atoms with van der Waals surface area (Å²) in [6.45, 7) is 3.73. The third-order valence-electron chi connectivity index (χ3n) is 7.39. The number of amides is 2. The fraction of sp³-hybridized carbons (Fsp3) is 0.643. The molecule has 2 amide bonds. The lowest BCUT2D eigenvalue weighted by molar-refractivity contribution is -0.314. The second-order valence-electron chi connectivity index (χ2n) is 10.7. The molecule has 0 unspecified atom stereocenters. The fourth-order valence-corrected chi connectivity index (χ4v) is 5.31. The zero-order chi connectivity index (χ0) is 32.0. The van der Waals surface area contributed by atoms with Gasteiger partial charge in [-0.15, -0.1) is 0 Å². The Hall–Kier alpha value is -3.02. The van der Waals surface area contributed by atoms with Crippen LogP contribution in [0.15, 0.2) is 18.2 Å². The summed E-state index contributed by atoms with van der Waals surface area (Å²) in [7, 11) is 0. The molecule has 3 rings (SSSR count). The number of rotatable bonds is 11. The molecule has 0 spiro atoms. The molecule has 43 heavy (non-hydrogen) atoms. The minimum absolute atomic E-state index is 0.333. The van der Waals surface area contributed by atoms with Crippen LogP contribution in [0.4, 0.5) is 0 Å². The quantitative estimate of drug-likeness (QED) is 0.127. The Kier molecular flexibility index (Phi) is 12.1. The first-order chi connectivity index (χ1) is 20.3. The van der Waals surface area contributed by atoms with Crippen LogP contribution >= 0.6 is 0 Å². The van der Waals surface area contributed by atoms with E-state index >= 15 is 0 Å². The number of aliphatic hydroxyl groups excluding tert-OH is 5. The molecule has 7 N–H and O–H groups in total. The van der Waals surface area contributed by atoms with E-state index in [9.17, 15) is 44.7 Å². The molecule has 1 aromatic rings. The van der Waals surface area contributed by atoms with Gasteiger partial charge in [0.2, 0.25) is 11.8 Å². The highest BCUT2D eigenvalue weighted by Gasteiger charge is 2.51. The highest BCUT2D eigenvalue weighted by Crippen LogP contribution is 2.30. The molecule has 0 radical (unpaired) electrons. The predicted molar refractivity (Wildman–Crippen MR) is 145 cm³/mol. The summed E-state index contributed by atoms with van der Waals surface area (Å²) in [4.78, 5) is 49.3. The Morgan fingerprint density at radius 2 is 1.40 bits per heavy atom. The van der Waals surface area contributed by atoms with Crippen molar-refractivity contribution in [1.82, 2.24) is 10.6 Å². The maximum Gasteiger partial charge on any atom is 0.339 e. The van der Waals surface area contributed by atoms with Crippen LogP contribution in [0.5, 0.6) is 0 Å². The van der Waals surface area contributed by atoms with Crippen LogP contribution in [0.3, 0.4) is 0 Å². The molecule has 240 valence electrons. The SMILES string of the molecule is CC(=O)N[C@@H]1[C@@H](O)[C@H](O[C@@H]2O[C@H](CO)[C@@H](O)[C@H](O)[C@H]2NC(C)=O)[C@@H](CO)O[C@H]1CC(=O)COC(=O)c1c(C)cccc1C. The number of nitrogens with one attached hydrogen (secondary N) is 2. The molecule has 2 heterocycles. The Morgan fingerprint density at radius 1 is 0.814 bits per heavy atom. The summed E-state index contributed by atoms with van der Waals surface area (Å²) in [6, 6.07) is 2.64. The Bertz CT molecular complexity index is 1140. The number of hydrogen-bond acceptors (Lipinski definition) is 13. The van der Waals surface area contributed by atoms with Crippen molar-refractivity contribution in [3.63, 3.8) is 0 Å². The molecule has 2 aliphatic heterocycles. The second-order valence-corrected chi connectivity index (χ2v) is 10.7. The van der Waals surface area contributed by atoms with Gasteiger partial charge < -0.3 is 55.1 Å². The molecule has 15 heteroatoms. The van der Waals surface area contributed by atoms with Gasteiger partial charge in [0.25, 0.3) is 0 Å². The first-order valence-electron chi connectivity index (χ1n) is 13.8. The van der Waals surface area contributed by atoms with Gasteiger partial charge in [0.05, 0.1) is 30.9 Å². The van der Waals surface area contributed by atoms with Gasteiger partial charge in [-0.1, -0.05) is 18.2 Å². The van der Waals surface area contributed by atoms with E-state index in [0.29, 0.717) is 16.7 Å². The molecule has 2 saturated heterocycles. The van der Waals surface area contributed by atoms with Crippen LogP contribution in [0.2, 0.25) is 0 Å². The highest BCUT2D eigenvalue weighted by atomic mass is 16.7. The van der Waals surface area contributed by atoms with E-state index in [1.54, 1.807) is 32.0 Å². The predicted octanol–water partition coefficient (Wildman–Crippen LogP) is -2.63. The lowest BCUT2D eigenvalue weighted by Crippen LogP contribution is -2.69. The van der Waals surface area contributed by atoms with Gasteiger partial charge in [0.15, 0.2) is 12.1 Å². The molecule has 0 bridgehead atoms. The van der Waals surface area contributed by atoms with Gasteiger partial charge in [-0.05, 0) is 25.0 Å². The average molecular weight is 613 g/mol. The van der Waals surface area contributed by atoms with Crippen molar-refractivity contribution in [3.05, 3.63) is 34.9 Å². The molecule has 2 aliphatic rings. The second kappa shape index (κ2) is 15.1. The molecule has 15 nitrogen and oxygen atoms in total. The fourth-order valence-electron chi connectivity index (χ4n) is 5.31. The van der Waals surface area contributed by atoms with Gasteiger partial charge in [-0.2, -0.15) is 0 Å². The number of ether oxygens (including phenoxy) is 4. The number of aryl methyl sites for hydroxylation is 2.